The maximum absolute atomic E-state index is 13.9. The number of ether oxygens (including phenoxy) is 1. The van der Waals surface area contributed by atoms with E-state index in [4.69, 9.17) is 4.74 Å². The van der Waals surface area contributed by atoms with E-state index >= 15 is 0 Å². The van der Waals surface area contributed by atoms with Crippen molar-refractivity contribution < 1.29 is 13.9 Å². The standard InChI is InChI=1S/C19H18FN5O2/c1-27-18-15(14-10-21-22-11-14)6-7-17(23-18)25-9-8-24(19(25)26)12-13-4-2-3-5-16(13)20/h2-7,10-11H,8-9,12H2,1H3,(H,21,22). The SMILES string of the molecule is COc1nc(N2CCN(Cc3ccccc3F)C2=O)ccc1-c1cn[nH]c1. The molecule has 138 valence electrons. The fourth-order valence-corrected chi connectivity index (χ4v) is 3.13. The average molecular weight is 367 g/mol. The summed E-state index contributed by atoms with van der Waals surface area (Å²) < 4.78 is 19.3. The second-order valence-corrected chi connectivity index (χ2v) is 6.16. The van der Waals surface area contributed by atoms with Crippen molar-refractivity contribution in [1.29, 1.82) is 0 Å². The molecule has 4 rings (SSSR count). The lowest BCUT2D eigenvalue weighted by Gasteiger charge is -2.19. The number of aromatic nitrogens is 3. The summed E-state index contributed by atoms with van der Waals surface area (Å²) in [6, 6.07) is 9.89. The molecule has 0 unspecified atom stereocenters. The second-order valence-electron chi connectivity index (χ2n) is 6.16. The van der Waals surface area contributed by atoms with E-state index in [2.05, 4.69) is 15.2 Å². The van der Waals surface area contributed by atoms with Gasteiger partial charge in [-0.15, -0.1) is 0 Å². The van der Waals surface area contributed by atoms with Crippen molar-refractivity contribution in [2.45, 2.75) is 6.54 Å². The molecule has 0 atom stereocenters. The molecule has 3 heterocycles. The van der Waals surface area contributed by atoms with Crippen LogP contribution in [0, 0.1) is 5.82 Å². The van der Waals surface area contributed by atoms with Gasteiger partial charge in [0.2, 0.25) is 5.88 Å². The number of methoxy groups -OCH3 is 1. The van der Waals surface area contributed by atoms with Gasteiger partial charge in [0.1, 0.15) is 11.6 Å². The highest BCUT2D eigenvalue weighted by atomic mass is 19.1. The Morgan fingerprint density at radius 1 is 1.22 bits per heavy atom. The Morgan fingerprint density at radius 3 is 2.81 bits per heavy atom. The third-order valence-electron chi connectivity index (χ3n) is 4.54. The molecule has 1 saturated heterocycles. The van der Waals surface area contributed by atoms with Crippen LogP contribution < -0.4 is 9.64 Å². The van der Waals surface area contributed by atoms with E-state index in [0.717, 1.165) is 11.1 Å². The van der Waals surface area contributed by atoms with Crippen LogP contribution >= 0.6 is 0 Å². The molecule has 0 spiro atoms. The summed E-state index contributed by atoms with van der Waals surface area (Å²) in [6.07, 6.45) is 3.42. The number of rotatable bonds is 5. The first kappa shape index (κ1) is 17.0. The van der Waals surface area contributed by atoms with E-state index in [1.807, 2.05) is 6.07 Å². The number of carbonyl (C=O) groups excluding carboxylic acids is 1. The summed E-state index contributed by atoms with van der Waals surface area (Å²) in [4.78, 5) is 20.4. The monoisotopic (exact) mass is 367 g/mol. The second kappa shape index (κ2) is 7.06. The van der Waals surface area contributed by atoms with E-state index < -0.39 is 0 Å². The van der Waals surface area contributed by atoms with Gasteiger partial charge < -0.3 is 9.64 Å². The van der Waals surface area contributed by atoms with Crippen molar-refractivity contribution in [3.05, 3.63) is 60.2 Å². The number of nitrogens with one attached hydrogen (secondary N) is 1. The van der Waals surface area contributed by atoms with Crippen molar-refractivity contribution in [3.8, 4) is 17.0 Å². The van der Waals surface area contributed by atoms with Crippen molar-refractivity contribution >= 4 is 11.8 Å². The number of aromatic amines is 1. The molecule has 1 N–H and O–H groups in total. The van der Waals surface area contributed by atoms with Crippen LogP contribution in [0.15, 0.2) is 48.8 Å². The normalized spacial score (nSPS) is 14.1. The minimum Gasteiger partial charge on any atom is -0.480 e. The largest absolute Gasteiger partial charge is 0.480 e. The fourth-order valence-electron chi connectivity index (χ4n) is 3.13. The Morgan fingerprint density at radius 2 is 2.07 bits per heavy atom. The zero-order valence-electron chi connectivity index (χ0n) is 14.7. The molecule has 0 aliphatic carbocycles. The van der Waals surface area contributed by atoms with Gasteiger partial charge in [-0.2, -0.15) is 10.1 Å². The van der Waals surface area contributed by atoms with E-state index in [9.17, 15) is 9.18 Å². The maximum Gasteiger partial charge on any atom is 0.326 e. The number of nitrogens with zero attached hydrogens (tertiary/aromatic N) is 4. The predicted molar refractivity (Wildman–Crippen MR) is 97.9 cm³/mol. The van der Waals surface area contributed by atoms with Crippen molar-refractivity contribution in [1.82, 2.24) is 20.1 Å². The number of pyridine rings is 1. The Hall–Kier alpha value is -3.42. The molecule has 1 fully saturated rings. The highest BCUT2D eigenvalue weighted by molar-refractivity contribution is 5.93. The van der Waals surface area contributed by atoms with Crippen LogP contribution in [0.1, 0.15) is 5.56 Å². The van der Waals surface area contributed by atoms with Crippen molar-refractivity contribution in [2.75, 3.05) is 25.1 Å². The third kappa shape index (κ3) is 3.21. The lowest BCUT2D eigenvalue weighted by atomic mass is 10.1. The van der Waals surface area contributed by atoms with Gasteiger partial charge in [0.05, 0.1) is 19.9 Å². The Labute approximate surface area is 155 Å². The van der Waals surface area contributed by atoms with E-state index in [1.54, 1.807) is 46.5 Å². The number of H-pyrrole nitrogens is 1. The lowest BCUT2D eigenvalue weighted by molar-refractivity contribution is 0.218. The molecule has 27 heavy (non-hydrogen) atoms. The molecule has 1 aliphatic rings. The van der Waals surface area contributed by atoms with Crippen LogP contribution in [-0.4, -0.2) is 46.3 Å². The Bertz CT molecular complexity index is 960. The van der Waals surface area contributed by atoms with Crippen LogP contribution in [0.5, 0.6) is 5.88 Å². The van der Waals surface area contributed by atoms with Gasteiger partial charge >= 0.3 is 6.03 Å². The van der Waals surface area contributed by atoms with E-state index in [-0.39, 0.29) is 18.4 Å². The quantitative estimate of drug-likeness (QED) is 0.752. The highest BCUT2D eigenvalue weighted by Crippen LogP contribution is 2.31. The maximum atomic E-state index is 13.9. The van der Waals surface area contributed by atoms with Gasteiger partial charge in [-0.1, -0.05) is 18.2 Å². The first-order valence-electron chi connectivity index (χ1n) is 8.51. The zero-order valence-corrected chi connectivity index (χ0v) is 14.7. The van der Waals surface area contributed by atoms with Gasteiger partial charge in [-0.05, 0) is 18.2 Å². The van der Waals surface area contributed by atoms with E-state index in [0.29, 0.717) is 30.4 Å². The Balaban J connectivity index is 1.56. The minimum atomic E-state index is -0.312. The number of urea groups is 1. The molecule has 0 radical (unpaired) electrons. The van der Waals surface area contributed by atoms with Crippen LogP contribution in [-0.2, 0) is 6.54 Å². The van der Waals surface area contributed by atoms with E-state index in [1.165, 1.54) is 13.2 Å². The smallest absolute Gasteiger partial charge is 0.326 e. The fraction of sp³-hybridized carbons (Fsp3) is 0.211. The molecule has 0 saturated carbocycles. The number of benzene rings is 1. The first-order valence-corrected chi connectivity index (χ1v) is 8.51. The highest BCUT2D eigenvalue weighted by Gasteiger charge is 2.31. The summed E-state index contributed by atoms with van der Waals surface area (Å²) in [7, 11) is 1.53. The molecular formula is C19H18FN5O2. The molecule has 1 aliphatic heterocycles. The van der Waals surface area contributed by atoms with Gasteiger partial charge in [0.25, 0.3) is 0 Å². The molecule has 1 aromatic carbocycles. The zero-order chi connectivity index (χ0) is 18.8. The summed E-state index contributed by atoms with van der Waals surface area (Å²) in [5.74, 6) is 0.599. The van der Waals surface area contributed by atoms with Gasteiger partial charge in [-0.3, -0.25) is 10.00 Å². The summed E-state index contributed by atoms with van der Waals surface area (Å²) >= 11 is 0. The average Bonchev–Trinajstić information content (AvgIpc) is 3.34. The first-order chi connectivity index (χ1) is 13.2. The van der Waals surface area contributed by atoms with Gasteiger partial charge in [0, 0.05) is 36.0 Å². The Kier molecular flexibility index (Phi) is 4.45. The van der Waals surface area contributed by atoms with Gasteiger partial charge in [-0.25, -0.2) is 9.18 Å². The van der Waals surface area contributed by atoms with Crippen molar-refractivity contribution in [2.24, 2.45) is 0 Å². The molecular weight excluding hydrogens is 349 g/mol. The van der Waals surface area contributed by atoms with Gasteiger partial charge in [0.15, 0.2) is 0 Å². The van der Waals surface area contributed by atoms with Crippen LogP contribution in [0.2, 0.25) is 0 Å². The number of amides is 2. The molecule has 0 bridgehead atoms. The minimum absolute atomic E-state index is 0.205. The lowest BCUT2D eigenvalue weighted by Crippen LogP contribution is -2.32. The third-order valence-corrected chi connectivity index (χ3v) is 4.54. The number of halogens is 1. The summed E-state index contributed by atoms with van der Waals surface area (Å²) in [5.41, 5.74) is 2.12. The molecule has 7 nitrogen and oxygen atoms in total. The van der Waals surface area contributed by atoms with Crippen molar-refractivity contribution in [3.63, 3.8) is 0 Å². The van der Waals surface area contributed by atoms with Crippen LogP contribution in [0.3, 0.4) is 0 Å². The van der Waals surface area contributed by atoms with Crippen LogP contribution in [0.25, 0.3) is 11.1 Å². The number of anilines is 1. The van der Waals surface area contributed by atoms with Crippen LogP contribution in [0.4, 0.5) is 15.0 Å². The predicted octanol–water partition coefficient (Wildman–Crippen LogP) is 3.06. The molecule has 3 aromatic rings. The molecule has 8 heteroatoms. The molecule has 2 aromatic heterocycles. The summed E-state index contributed by atoms with van der Waals surface area (Å²) in [6.45, 7) is 1.21. The molecule has 2 amide bonds. The number of hydrogen-bond donors (Lipinski definition) is 1. The number of carbonyl (C=O) groups is 1. The topological polar surface area (TPSA) is 74.3 Å². The number of hydrogen-bond acceptors (Lipinski definition) is 4. The summed E-state index contributed by atoms with van der Waals surface area (Å²) in [5, 5.41) is 6.69.